The molecule has 0 spiro atoms. The lowest BCUT2D eigenvalue weighted by molar-refractivity contribution is 0.281. The lowest BCUT2D eigenvalue weighted by Gasteiger charge is -2.06. The summed E-state index contributed by atoms with van der Waals surface area (Å²) in [5, 5.41) is 20.3. The van der Waals surface area contributed by atoms with Gasteiger partial charge in [-0.3, -0.25) is 0 Å². The average molecular weight is 196 g/mol. The molecule has 0 aromatic heterocycles. The molecule has 1 rings (SSSR count). The van der Waals surface area contributed by atoms with E-state index in [1.165, 1.54) is 7.11 Å². The van der Waals surface area contributed by atoms with E-state index in [-0.39, 0.29) is 12.4 Å². The highest BCUT2D eigenvalue weighted by atomic mass is 16.5. The molecule has 1 aromatic carbocycles. The number of ether oxygens (including phenoxy) is 1. The van der Waals surface area contributed by atoms with Crippen LogP contribution in [0.5, 0.6) is 5.75 Å². The van der Waals surface area contributed by atoms with Crippen molar-refractivity contribution < 1.29 is 15.1 Å². The summed E-state index contributed by atoms with van der Waals surface area (Å²) in [7, 11) is 1.51. The summed E-state index contributed by atoms with van der Waals surface area (Å²) in [5.74, 6) is 0.539. The number of oxime groups is 1. The van der Waals surface area contributed by atoms with E-state index in [1.807, 2.05) is 0 Å². The van der Waals surface area contributed by atoms with Crippen molar-refractivity contribution in [1.82, 2.24) is 0 Å². The number of hydrogen-bond donors (Lipinski definition) is 3. The number of aliphatic hydroxyl groups excluding tert-OH is 1. The average Bonchev–Trinajstić information content (AvgIpc) is 2.27. The number of amidine groups is 1. The molecule has 0 fully saturated rings. The van der Waals surface area contributed by atoms with E-state index < -0.39 is 0 Å². The van der Waals surface area contributed by atoms with Gasteiger partial charge in [0.2, 0.25) is 0 Å². The van der Waals surface area contributed by atoms with Crippen LogP contribution in [0.4, 0.5) is 0 Å². The predicted molar refractivity (Wildman–Crippen MR) is 51.4 cm³/mol. The number of aliphatic hydroxyl groups is 1. The molecule has 0 saturated heterocycles. The van der Waals surface area contributed by atoms with Gasteiger partial charge in [0.05, 0.1) is 13.7 Å². The number of nitrogens with two attached hydrogens (primary N) is 1. The highest BCUT2D eigenvalue weighted by Crippen LogP contribution is 2.16. The molecule has 0 aliphatic rings. The minimum atomic E-state index is -0.122. The number of hydrogen-bond acceptors (Lipinski definition) is 4. The summed E-state index contributed by atoms with van der Waals surface area (Å²) in [6.07, 6.45) is 0. The van der Waals surface area contributed by atoms with Crippen LogP contribution in [0.3, 0.4) is 0 Å². The van der Waals surface area contributed by atoms with E-state index in [0.29, 0.717) is 16.9 Å². The fraction of sp³-hybridized carbons (Fsp3) is 0.222. The Morgan fingerprint density at radius 1 is 1.50 bits per heavy atom. The third-order valence-electron chi connectivity index (χ3n) is 1.79. The normalized spacial score (nSPS) is 11.4. The van der Waals surface area contributed by atoms with Gasteiger partial charge in [-0.25, -0.2) is 0 Å². The van der Waals surface area contributed by atoms with Crippen LogP contribution in [0, 0.1) is 0 Å². The zero-order valence-electron chi connectivity index (χ0n) is 7.77. The first-order chi connectivity index (χ1) is 6.71. The van der Waals surface area contributed by atoms with Crippen LogP contribution in [0.1, 0.15) is 11.1 Å². The first kappa shape index (κ1) is 10.3. The molecular formula is C9H12N2O3. The molecule has 14 heavy (non-hydrogen) atoms. The number of rotatable bonds is 3. The van der Waals surface area contributed by atoms with Gasteiger partial charge in [-0.15, -0.1) is 0 Å². The summed E-state index contributed by atoms with van der Waals surface area (Å²) >= 11 is 0. The van der Waals surface area contributed by atoms with Crippen molar-refractivity contribution in [3.8, 4) is 5.75 Å². The van der Waals surface area contributed by atoms with Gasteiger partial charge in [0.15, 0.2) is 5.84 Å². The standard InChI is InChI=1S/C9H12N2O3/c1-14-8-3-6(5-12)2-7(4-8)9(10)11-13/h2-4,12-13H,5H2,1H3,(H2,10,11). The molecule has 5 heteroatoms. The van der Waals surface area contributed by atoms with E-state index in [1.54, 1.807) is 18.2 Å². The minimum absolute atomic E-state index is 0.0152. The summed E-state index contributed by atoms with van der Waals surface area (Å²) < 4.78 is 4.99. The van der Waals surface area contributed by atoms with Crippen LogP contribution in [0.25, 0.3) is 0 Å². The fourth-order valence-corrected chi connectivity index (χ4v) is 1.08. The maximum atomic E-state index is 8.94. The first-order valence-corrected chi connectivity index (χ1v) is 3.98. The van der Waals surface area contributed by atoms with Crippen molar-refractivity contribution in [1.29, 1.82) is 0 Å². The fourth-order valence-electron chi connectivity index (χ4n) is 1.08. The third-order valence-corrected chi connectivity index (χ3v) is 1.79. The van der Waals surface area contributed by atoms with Crippen LogP contribution in [-0.2, 0) is 6.61 Å². The largest absolute Gasteiger partial charge is 0.497 e. The molecule has 0 aliphatic heterocycles. The van der Waals surface area contributed by atoms with Gasteiger partial charge < -0.3 is 20.8 Å². The highest BCUT2D eigenvalue weighted by molar-refractivity contribution is 5.97. The summed E-state index contributed by atoms with van der Waals surface area (Å²) in [5.41, 5.74) is 6.56. The third kappa shape index (κ3) is 2.14. The topological polar surface area (TPSA) is 88.1 Å². The zero-order valence-corrected chi connectivity index (χ0v) is 7.77. The van der Waals surface area contributed by atoms with Crippen LogP contribution in [0.2, 0.25) is 0 Å². The van der Waals surface area contributed by atoms with Crippen LogP contribution in [-0.4, -0.2) is 23.3 Å². The second-order valence-corrected chi connectivity index (χ2v) is 2.71. The smallest absolute Gasteiger partial charge is 0.170 e. The van der Waals surface area contributed by atoms with E-state index in [4.69, 9.17) is 20.8 Å². The maximum Gasteiger partial charge on any atom is 0.170 e. The van der Waals surface area contributed by atoms with Gasteiger partial charge in [-0.05, 0) is 23.8 Å². The molecule has 0 unspecified atom stereocenters. The highest BCUT2D eigenvalue weighted by Gasteiger charge is 2.04. The molecule has 0 bridgehead atoms. The molecule has 76 valence electrons. The van der Waals surface area contributed by atoms with Crippen molar-refractivity contribution in [2.75, 3.05) is 7.11 Å². The van der Waals surface area contributed by atoms with E-state index >= 15 is 0 Å². The molecule has 4 N–H and O–H groups in total. The molecule has 0 heterocycles. The Hall–Kier alpha value is -1.75. The Labute approximate surface area is 81.4 Å². The van der Waals surface area contributed by atoms with Gasteiger partial charge in [0, 0.05) is 5.56 Å². The molecule has 0 amide bonds. The monoisotopic (exact) mass is 196 g/mol. The number of benzene rings is 1. The predicted octanol–water partition coefficient (Wildman–Crippen LogP) is 0.282. The molecule has 5 nitrogen and oxygen atoms in total. The quantitative estimate of drug-likeness (QED) is 0.280. The number of nitrogens with zero attached hydrogens (tertiary/aromatic N) is 1. The Balaban J connectivity index is 3.17. The minimum Gasteiger partial charge on any atom is -0.497 e. The second-order valence-electron chi connectivity index (χ2n) is 2.71. The summed E-state index contributed by atoms with van der Waals surface area (Å²) in [4.78, 5) is 0. The maximum absolute atomic E-state index is 8.94. The van der Waals surface area contributed by atoms with Crippen LogP contribution < -0.4 is 10.5 Å². The van der Waals surface area contributed by atoms with E-state index in [9.17, 15) is 0 Å². The van der Waals surface area contributed by atoms with Crippen molar-refractivity contribution in [3.63, 3.8) is 0 Å². The van der Waals surface area contributed by atoms with Gasteiger partial charge in [0.25, 0.3) is 0 Å². The van der Waals surface area contributed by atoms with Gasteiger partial charge in [-0.1, -0.05) is 5.16 Å². The molecule has 0 atom stereocenters. The molecule has 0 radical (unpaired) electrons. The van der Waals surface area contributed by atoms with Crippen molar-refractivity contribution >= 4 is 5.84 Å². The van der Waals surface area contributed by atoms with E-state index in [0.717, 1.165) is 0 Å². The molecule has 0 saturated carbocycles. The van der Waals surface area contributed by atoms with Gasteiger partial charge in [0.1, 0.15) is 5.75 Å². The SMILES string of the molecule is COc1cc(CO)cc(/C(N)=N/O)c1. The lowest BCUT2D eigenvalue weighted by atomic mass is 10.1. The Morgan fingerprint density at radius 2 is 2.21 bits per heavy atom. The zero-order chi connectivity index (χ0) is 10.6. The summed E-state index contributed by atoms with van der Waals surface area (Å²) in [6, 6.07) is 4.92. The summed E-state index contributed by atoms with van der Waals surface area (Å²) in [6.45, 7) is -0.122. The van der Waals surface area contributed by atoms with Gasteiger partial charge >= 0.3 is 0 Å². The van der Waals surface area contributed by atoms with Crippen molar-refractivity contribution in [2.24, 2.45) is 10.9 Å². The Kier molecular flexibility index (Phi) is 3.30. The van der Waals surface area contributed by atoms with Crippen LogP contribution >= 0.6 is 0 Å². The van der Waals surface area contributed by atoms with Crippen molar-refractivity contribution in [2.45, 2.75) is 6.61 Å². The molecule has 0 aliphatic carbocycles. The first-order valence-electron chi connectivity index (χ1n) is 3.98. The second kappa shape index (κ2) is 4.48. The lowest BCUT2D eigenvalue weighted by Crippen LogP contribution is -2.13. The Bertz CT molecular complexity index is 328. The molecular weight excluding hydrogens is 184 g/mol. The Morgan fingerprint density at radius 3 is 2.71 bits per heavy atom. The van der Waals surface area contributed by atoms with Gasteiger partial charge in [-0.2, -0.15) is 0 Å². The van der Waals surface area contributed by atoms with Crippen molar-refractivity contribution in [3.05, 3.63) is 29.3 Å². The number of methoxy groups -OCH3 is 1. The van der Waals surface area contributed by atoms with E-state index in [2.05, 4.69) is 5.16 Å². The van der Waals surface area contributed by atoms with Crippen LogP contribution in [0.15, 0.2) is 23.4 Å². The molecule has 1 aromatic rings.